The summed E-state index contributed by atoms with van der Waals surface area (Å²) in [5.41, 5.74) is 5.25. The van der Waals surface area contributed by atoms with Gasteiger partial charge in [-0.2, -0.15) is 5.10 Å². The lowest BCUT2D eigenvalue weighted by molar-refractivity contribution is -0.116. The maximum atomic E-state index is 12.5. The van der Waals surface area contributed by atoms with Crippen LogP contribution < -0.4 is 5.32 Å². The normalized spacial score (nSPS) is 20.3. The molecule has 2 atom stereocenters. The molecular weight excluding hydrogens is 390 g/mol. The molecule has 0 spiro atoms. The van der Waals surface area contributed by atoms with Crippen molar-refractivity contribution in [1.29, 1.82) is 0 Å². The Bertz CT molecular complexity index is 1060. The van der Waals surface area contributed by atoms with Crippen molar-refractivity contribution in [2.75, 3.05) is 18.5 Å². The highest BCUT2D eigenvalue weighted by atomic mass is 16.5. The predicted octanol–water partition coefficient (Wildman–Crippen LogP) is 3.03. The van der Waals surface area contributed by atoms with Gasteiger partial charge in [-0.15, -0.1) is 0 Å². The zero-order chi connectivity index (χ0) is 21.2. The molecular formula is C24H27N5O2. The lowest BCUT2D eigenvalue weighted by Gasteiger charge is -2.26. The van der Waals surface area contributed by atoms with E-state index < -0.39 is 0 Å². The molecule has 1 N–H and O–H groups in total. The van der Waals surface area contributed by atoms with Gasteiger partial charge in [-0.1, -0.05) is 12.1 Å². The molecule has 1 amide bonds. The molecule has 0 radical (unpaired) electrons. The van der Waals surface area contributed by atoms with E-state index in [2.05, 4.69) is 32.4 Å². The third-order valence-electron chi connectivity index (χ3n) is 6.18. The average molecular weight is 418 g/mol. The van der Waals surface area contributed by atoms with Gasteiger partial charge < -0.3 is 10.1 Å². The number of hydrogen-bond donors (Lipinski definition) is 1. The first kappa shape index (κ1) is 19.9. The molecule has 3 aromatic rings. The van der Waals surface area contributed by atoms with Crippen LogP contribution in [0.3, 0.4) is 0 Å². The van der Waals surface area contributed by atoms with Crippen molar-refractivity contribution in [3.63, 3.8) is 0 Å². The van der Waals surface area contributed by atoms with Gasteiger partial charge in [-0.25, -0.2) is 0 Å². The number of pyridine rings is 1. The van der Waals surface area contributed by atoms with Crippen molar-refractivity contribution in [1.82, 2.24) is 19.7 Å². The summed E-state index contributed by atoms with van der Waals surface area (Å²) in [5.74, 6) is 0.00254. The largest absolute Gasteiger partial charge is 0.375 e. The molecule has 2 aromatic heterocycles. The molecule has 7 heteroatoms. The minimum absolute atomic E-state index is 0.00254. The Morgan fingerprint density at radius 1 is 1.23 bits per heavy atom. The summed E-state index contributed by atoms with van der Waals surface area (Å²) in [6, 6.07) is 10.7. The van der Waals surface area contributed by atoms with E-state index in [1.807, 2.05) is 43.8 Å². The molecule has 2 aliphatic rings. The van der Waals surface area contributed by atoms with Crippen molar-refractivity contribution < 1.29 is 9.53 Å². The first-order valence-corrected chi connectivity index (χ1v) is 10.8. The molecule has 1 aromatic carbocycles. The Kier molecular flexibility index (Phi) is 5.53. The Labute approximate surface area is 182 Å². The van der Waals surface area contributed by atoms with E-state index in [9.17, 15) is 4.79 Å². The van der Waals surface area contributed by atoms with Crippen LogP contribution in [0.15, 0.2) is 55.1 Å². The van der Waals surface area contributed by atoms with Gasteiger partial charge in [0.25, 0.3) is 0 Å². The molecule has 160 valence electrons. The summed E-state index contributed by atoms with van der Waals surface area (Å²) in [4.78, 5) is 19.2. The van der Waals surface area contributed by atoms with Crippen molar-refractivity contribution in [2.24, 2.45) is 7.05 Å². The SMILES string of the molecule is Cn1cc(-c2ccncc2CCC(=O)Nc2ccc(CN3CC4CC3CO4)cc2)cn1. The van der Waals surface area contributed by atoms with Gasteiger partial charge in [0.05, 0.1) is 18.9 Å². The minimum Gasteiger partial charge on any atom is -0.375 e. The van der Waals surface area contributed by atoms with Crippen LogP contribution >= 0.6 is 0 Å². The van der Waals surface area contributed by atoms with Crippen LogP contribution in [0.2, 0.25) is 0 Å². The molecule has 7 nitrogen and oxygen atoms in total. The Hall–Kier alpha value is -3.03. The van der Waals surface area contributed by atoms with Crippen molar-refractivity contribution in [2.45, 2.75) is 38.0 Å². The highest BCUT2D eigenvalue weighted by Gasteiger charge is 2.38. The van der Waals surface area contributed by atoms with Crippen LogP contribution in [-0.2, 0) is 29.5 Å². The van der Waals surface area contributed by atoms with Gasteiger partial charge in [0.15, 0.2) is 0 Å². The first-order valence-electron chi connectivity index (χ1n) is 10.8. The number of aryl methyl sites for hydroxylation is 2. The molecule has 2 unspecified atom stereocenters. The third-order valence-corrected chi connectivity index (χ3v) is 6.18. The summed E-state index contributed by atoms with van der Waals surface area (Å²) in [6.07, 6.45) is 10.0. The van der Waals surface area contributed by atoms with Crippen LogP contribution in [0, 0.1) is 0 Å². The van der Waals surface area contributed by atoms with Crippen molar-refractivity contribution >= 4 is 11.6 Å². The number of rotatable bonds is 7. The van der Waals surface area contributed by atoms with Crippen LogP contribution in [0.1, 0.15) is 24.0 Å². The second-order valence-electron chi connectivity index (χ2n) is 8.45. The summed E-state index contributed by atoms with van der Waals surface area (Å²) in [7, 11) is 1.90. The number of aromatic nitrogens is 3. The number of benzene rings is 1. The number of ether oxygens (including phenoxy) is 1. The van der Waals surface area contributed by atoms with Gasteiger partial charge in [0.2, 0.25) is 5.91 Å². The number of likely N-dealkylation sites (tertiary alicyclic amines) is 1. The standard InChI is InChI=1S/C24H27N5O2/c1-28-14-19(12-26-28)23-8-9-25-11-18(23)4-7-24(30)27-20-5-2-17(3-6-20)13-29-15-22-10-21(29)16-31-22/h2-3,5-6,8-9,11-12,14,21-22H,4,7,10,13,15-16H2,1H3,(H,27,30). The zero-order valence-electron chi connectivity index (χ0n) is 17.7. The summed E-state index contributed by atoms with van der Waals surface area (Å²) < 4.78 is 7.45. The van der Waals surface area contributed by atoms with E-state index >= 15 is 0 Å². The smallest absolute Gasteiger partial charge is 0.224 e. The van der Waals surface area contributed by atoms with Crippen molar-refractivity contribution in [3.8, 4) is 11.1 Å². The first-order chi connectivity index (χ1) is 15.1. The van der Waals surface area contributed by atoms with E-state index in [0.29, 0.717) is 25.0 Å². The van der Waals surface area contributed by atoms with Crippen LogP contribution in [-0.4, -0.2) is 50.9 Å². The number of amides is 1. The molecule has 0 aliphatic carbocycles. The molecule has 31 heavy (non-hydrogen) atoms. The number of hydrogen-bond acceptors (Lipinski definition) is 5. The van der Waals surface area contributed by atoms with Gasteiger partial charge in [-0.05, 0) is 47.7 Å². The number of nitrogens with one attached hydrogen (secondary N) is 1. The predicted molar refractivity (Wildman–Crippen MR) is 118 cm³/mol. The molecule has 2 aliphatic heterocycles. The maximum Gasteiger partial charge on any atom is 0.224 e. The Morgan fingerprint density at radius 2 is 2.10 bits per heavy atom. The monoisotopic (exact) mass is 417 g/mol. The van der Waals surface area contributed by atoms with Crippen LogP contribution in [0.5, 0.6) is 0 Å². The molecule has 4 heterocycles. The number of carbonyl (C=O) groups is 1. The Morgan fingerprint density at radius 3 is 2.81 bits per heavy atom. The maximum absolute atomic E-state index is 12.5. The Balaban J connectivity index is 1.15. The third kappa shape index (κ3) is 4.52. The minimum atomic E-state index is 0.00254. The lowest BCUT2D eigenvalue weighted by atomic mass is 10.0. The van der Waals surface area contributed by atoms with E-state index in [4.69, 9.17) is 4.74 Å². The second-order valence-corrected chi connectivity index (χ2v) is 8.45. The number of carbonyl (C=O) groups excluding carboxylic acids is 1. The fourth-order valence-electron chi connectivity index (χ4n) is 4.54. The zero-order valence-corrected chi connectivity index (χ0v) is 17.7. The number of morpholine rings is 1. The van der Waals surface area contributed by atoms with Gasteiger partial charge in [-0.3, -0.25) is 19.4 Å². The lowest BCUT2D eigenvalue weighted by Crippen LogP contribution is -2.36. The number of fused-ring (bicyclic) bond motifs is 2. The summed E-state index contributed by atoms with van der Waals surface area (Å²) in [5, 5.41) is 7.26. The van der Waals surface area contributed by atoms with Crippen molar-refractivity contribution in [3.05, 3.63) is 66.2 Å². The van der Waals surface area contributed by atoms with Crippen LogP contribution in [0.4, 0.5) is 5.69 Å². The highest BCUT2D eigenvalue weighted by molar-refractivity contribution is 5.91. The van der Waals surface area contributed by atoms with E-state index in [-0.39, 0.29) is 5.91 Å². The van der Waals surface area contributed by atoms with E-state index in [1.54, 1.807) is 10.9 Å². The fraction of sp³-hybridized carbons (Fsp3) is 0.375. The second kappa shape index (κ2) is 8.61. The molecule has 2 fully saturated rings. The molecule has 0 saturated carbocycles. The summed E-state index contributed by atoms with van der Waals surface area (Å²) in [6.45, 7) is 2.83. The van der Waals surface area contributed by atoms with Crippen LogP contribution in [0.25, 0.3) is 11.1 Å². The fourth-order valence-corrected chi connectivity index (χ4v) is 4.54. The number of anilines is 1. The molecule has 2 bridgehead atoms. The molecule has 2 saturated heterocycles. The van der Waals surface area contributed by atoms with E-state index in [0.717, 1.165) is 48.5 Å². The number of nitrogens with zero attached hydrogens (tertiary/aromatic N) is 4. The van der Waals surface area contributed by atoms with Gasteiger partial charge >= 0.3 is 0 Å². The summed E-state index contributed by atoms with van der Waals surface area (Å²) >= 11 is 0. The topological polar surface area (TPSA) is 72.3 Å². The highest BCUT2D eigenvalue weighted by Crippen LogP contribution is 2.29. The average Bonchev–Trinajstić information content (AvgIpc) is 3.51. The van der Waals surface area contributed by atoms with Gasteiger partial charge in [0, 0.05) is 62.4 Å². The van der Waals surface area contributed by atoms with E-state index in [1.165, 1.54) is 5.56 Å². The van der Waals surface area contributed by atoms with Gasteiger partial charge in [0.1, 0.15) is 0 Å². The quantitative estimate of drug-likeness (QED) is 0.640. The molecule has 5 rings (SSSR count).